The summed E-state index contributed by atoms with van der Waals surface area (Å²) in [7, 11) is 3.03. The summed E-state index contributed by atoms with van der Waals surface area (Å²) in [6.07, 6.45) is -6.05. The largest absolute Gasteiger partial charge is 0.418 e. The molecular weight excluding hydrogens is 171 g/mol. The first-order valence-corrected chi connectivity index (χ1v) is 3.62. The van der Waals surface area contributed by atoms with E-state index >= 15 is 0 Å². The lowest BCUT2D eigenvalue weighted by Gasteiger charge is -2.25. The molecular formula is C6H12F3N3. The first-order valence-electron chi connectivity index (χ1n) is 3.62. The number of halogens is 3. The molecule has 2 unspecified atom stereocenters. The van der Waals surface area contributed by atoms with Crippen LogP contribution in [0.25, 0.3) is 0 Å². The summed E-state index contributed by atoms with van der Waals surface area (Å²) < 4.78 is 36.7. The molecule has 0 bridgehead atoms. The van der Waals surface area contributed by atoms with Gasteiger partial charge < -0.3 is 0 Å². The number of nitrogens with one attached hydrogen (secondary N) is 1. The van der Waals surface area contributed by atoms with E-state index in [1.165, 1.54) is 12.1 Å². The Labute approximate surface area is 69.1 Å². The van der Waals surface area contributed by atoms with Crippen LogP contribution >= 0.6 is 0 Å². The fourth-order valence-corrected chi connectivity index (χ4v) is 1.21. The third-order valence-corrected chi connectivity index (χ3v) is 2.14. The zero-order valence-electron chi connectivity index (χ0n) is 7.18. The highest BCUT2D eigenvalue weighted by Crippen LogP contribution is 2.27. The summed E-state index contributed by atoms with van der Waals surface area (Å²) in [5.74, 6) is 0. The number of hydrogen-bond acceptors (Lipinski definition) is 3. The van der Waals surface area contributed by atoms with Crippen molar-refractivity contribution < 1.29 is 13.2 Å². The van der Waals surface area contributed by atoms with E-state index in [9.17, 15) is 13.2 Å². The molecule has 0 aromatic heterocycles. The van der Waals surface area contributed by atoms with E-state index in [1.807, 2.05) is 0 Å². The van der Waals surface area contributed by atoms with Gasteiger partial charge in [0.1, 0.15) is 0 Å². The minimum Gasteiger partial charge on any atom is -0.277 e. The zero-order chi connectivity index (χ0) is 9.52. The van der Waals surface area contributed by atoms with Crippen molar-refractivity contribution in [2.45, 2.75) is 25.4 Å². The van der Waals surface area contributed by atoms with E-state index in [0.29, 0.717) is 0 Å². The van der Waals surface area contributed by atoms with Gasteiger partial charge in [-0.3, -0.25) is 5.32 Å². The predicted octanol–water partition coefficient (Wildman–Crippen LogP) is 0.603. The third kappa shape index (κ3) is 1.55. The van der Waals surface area contributed by atoms with Gasteiger partial charge in [0, 0.05) is 14.1 Å². The lowest BCUT2D eigenvalue weighted by atomic mass is 10.4. The van der Waals surface area contributed by atoms with E-state index in [4.69, 9.17) is 0 Å². The van der Waals surface area contributed by atoms with Gasteiger partial charge in [0.25, 0.3) is 0 Å². The molecule has 0 aromatic rings. The van der Waals surface area contributed by atoms with Gasteiger partial charge in [-0.1, -0.05) is 0 Å². The minimum atomic E-state index is -4.21. The van der Waals surface area contributed by atoms with E-state index in [1.54, 1.807) is 14.0 Å². The maximum atomic E-state index is 12.2. The predicted molar refractivity (Wildman–Crippen MR) is 38.0 cm³/mol. The summed E-state index contributed by atoms with van der Waals surface area (Å²) in [5, 5.41) is 5.08. The molecule has 3 nitrogen and oxygen atoms in total. The maximum absolute atomic E-state index is 12.2. The Hall–Kier alpha value is -0.330. The molecule has 0 saturated carbocycles. The van der Waals surface area contributed by atoms with E-state index < -0.39 is 12.3 Å². The summed E-state index contributed by atoms with van der Waals surface area (Å²) in [6, 6.07) is 0. The van der Waals surface area contributed by atoms with Gasteiger partial charge in [-0.05, 0) is 6.92 Å². The highest BCUT2D eigenvalue weighted by atomic mass is 19.4. The molecule has 1 N–H and O–H groups in total. The molecule has 6 heteroatoms. The Kier molecular flexibility index (Phi) is 2.33. The summed E-state index contributed by atoms with van der Waals surface area (Å²) in [6.45, 7) is 1.68. The molecule has 2 atom stereocenters. The van der Waals surface area contributed by atoms with Crippen LogP contribution in [0, 0.1) is 0 Å². The molecule has 0 aromatic carbocycles. The van der Waals surface area contributed by atoms with Crippen molar-refractivity contribution >= 4 is 0 Å². The second-order valence-corrected chi connectivity index (χ2v) is 2.93. The Morgan fingerprint density at radius 2 is 1.67 bits per heavy atom. The summed E-state index contributed by atoms with van der Waals surface area (Å²) in [5.41, 5.74) is 0. The van der Waals surface area contributed by atoms with Crippen LogP contribution in [0.1, 0.15) is 6.92 Å². The lowest BCUT2D eigenvalue weighted by Crippen LogP contribution is -2.47. The van der Waals surface area contributed by atoms with Crippen LogP contribution in [0.3, 0.4) is 0 Å². The summed E-state index contributed by atoms with van der Waals surface area (Å²) in [4.78, 5) is 0. The van der Waals surface area contributed by atoms with E-state index in [-0.39, 0.29) is 6.17 Å². The molecule has 1 heterocycles. The molecule has 1 saturated heterocycles. The average Bonchev–Trinajstić information content (AvgIpc) is 2.15. The van der Waals surface area contributed by atoms with Gasteiger partial charge in [0.15, 0.2) is 6.17 Å². The first kappa shape index (κ1) is 9.76. The Balaban J connectivity index is 2.71. The Morgan fingerprint density at radius 3 is 1.83 bits per heavy atom. The normalized spacial score (nSPS) is 34.5. The van der Waals surface area contributed by atoms with Crippen LogP contribution in [0.2, 0.25) is 0 Å². The second kappa shape index (κ2) is 2.86. The van der Waals surface area contributed by atoms with Crippen LogP contribution in [0.15, 0.2) is 0 Å². The Bertz CT molecular complexity index is 170. The highest BCUT2D eigenvalue weighted by Gasteiger charge is 2.48. The second-order valence-electron chi connectivity index (χ2n) is 2.93. The molecule has 0 spiro atoms. The van der Waals surface area contributed by atoms with Crippen LogP contribution in [0.4, 0.5) is 13.2 Å². The Morgan fingerprint density at radius 1 is 1.17 bits per heavy atom. The lowest BCUT2D eigenvalue weighted by molar-refractivity contribution is -0.195. The monoisotopic (exact) mass is 183 g/mol. The third-order valence-electron chi connectivity index (χ3n) is 2.14. The van der Waals surface area contributed by atoms with Crippen molar-refractivity contribution in [2.75, 3.05) is 14.1 Å². The average molecular weight is 183 g/mol. The highest BCUT2D eigenvalue weighted by molar-refractivity contribution is 4.81. The molecule has 12 heavy (non-hydrogen) atoms. The number of rotatable bonds is 0. The molecule has 1 rings (SSSR count). The fourth-order valence-electron chi connectivity index (χ4n) is 1.21. The molecule has 0 aliphatic carbocycles. The van der Waals surface area contributed by atoms with Crippen LogP contribution in [-0.4, -0.2) is 42.6 Å². The van der Waals surface area contributed by atoms with Gasteiger partial charge in [0.2, 0.25) is 0 Å². The van der Waals surface area contributed by atoms with Crippen molar-refractivity contribution in [3.63, 3.8) is 0 Å². The number of alkyl halides is 3. The van der Waals surface area contributed by atoms with Crippen molar-refractivity contribution in [1.29, 1.82) is 0 Å². The molecule has 1 aliphatic rings. The van der Waals surface area contributed by atoms with Crippen LogP contribution < -0.4 is 5.32 Å². The SMILES string of the molecule is CC1NC(C(F)(F)F)N(C)N1C. The van der Waals surface area contributed by atoms with Gasteiger partial charge in [-0.2, -0.15) is 13.2 Å². The van der Waals surface area contributed by atoms with Crippen molar-refractivity contribution in [3.8, 4) is 0 Å². The van der Waals surface area contributed by atoms with Crippen LogP contribution in [0.5, 0.6) is 0 Å². The molecule has 1 aliphatic heterocycles. The van der Waals surface area contributed by atoms with Crippen molar-refractivity contribution in [3.05, 3.63) is 0 Å². The van der Waals surface area contributed by atoms with E-state index in [0.717, 1.165) is 5.01 Å². The van der Waals surface area contributed by atoms with Gasteiger partial charge >= 0.3 is 6.18 Å². The number of nitrogens with zero attached hydrogens (tertiary/aromatic N) is 2. The van der Waals surface area contributed by atoms with Crippen molar-refractivity contribution in [1.82, 2.24) is 15.3 Å². The first-order chi connectivity index (χ1) is 5.34. The summed E-state index contributed by atoms with van der Waals surface area (Å²) >= 11 is 0. The molecule has 0 radical (unpaired) electrons. The van der Waals surface area contributed by atoms with Crippen molar-refractivity contribution in [2.24, 2.45) is 0 Å². The standard InChI is InChI=1S/C6H12F3N3/c1-4-10-5(6(7,8)9)12(3)11(4)2/h4-5,10H,1-3H3. The minimum absolute atomic E-state index is 0.276. The number of hydrogen-bond donors (Lipinski definition) is 1. The smallest absolute Gasteiger partial charge is 0.277 e. The van der Waals surface area contributed by atoms with E-state index in [2.05, 4.69) is 5.32 Å². The molecule has 1 fully saturated rings. The number of hydrazine groups is 1. The quantitative estimate of drug-likeness (QED) is 0.593. The van der Waals surface area contributed by atoms with Gasteiger partial charge in [-0.15, -0.1) is 0 Å². The fraction of sp³-hybridized carbons (Fsp3) is 1.00. The van der Waals surface area contributed by atoms with Gasteiger partial charge in [0.05, 0.1) is 6.17 Å². The zero-order valence-corrected chi connectivity index (χ0v) is 7.18. The maximum Gasteiger partial charge on any atom is 0.418 e. The van der Waals surface area contributed by atoms with Gasteiger partial charge in [-0.25, -0.2) is 10.0 Å². The van der Waals surface area contributed by atoms with Crippen LogP contribution in [-0.2, 0) is 0 Å². The molecule has 0 amide bonds. The topological polar surface area (TPSA) is 18.5 Å². The molecule has 72 valence electrons.